The van der Waals surface area contributed by atoms with Crippen molar-refractivity contribution in [3.8, 4) is 0 Å². The molecule has 0 aromatic rings. The summed E-state index contributed by atoms with van der Waals surface area (Å²) in [5.41, 5.74) is -1.62. The Morgan fingerprint density at radius 2 is 1.64 bits per heavy atom. The third-order valence-electron chi connectivity index (χ3n) is 2.22. The molecule has 0 heterocycles. The van der Waals surface area contributed by atoms with Gasteiger partial charge in [0.25, 0.3) is 0 Å². The third-order valence-corrected chi connectivity index (χ3v) is 2.22. The van der Waals surface area contributed by atoms with Crippen LogP contribution in [0.4, 0.5) is 0 Å². The van der Waals surface area contributed by atoms with E-state index in [0.717, 1.165) is 12.8 Å². The first kappa shape index (κ1) is 16.1. The number of unbranched alkanes of at least 4 members (excludes halogenated alkanes) is 2. The quantitative estimate of drug-likeness (QED) is 0.400. The second kappa shape index (κ2) is 7.06. The van der Waals surface area contributed by atoms with Gasteiger partial charge in [-0.05, 0) is 13.3 Å². The van der Waals surface area contributed by atoms with Crippen molar-refractivity contribution < 1.29 is 22.7 Å². The minimum atomic E-state index is -1.62. The standard InChI is InChI=1S/C9H16O4.Mg.2H/c1-3-4-5-6-9(2,7(10)11)8(12)13;;;/h3-6H2,1-2H3,(H,10,11)(H,12,13);;;/q;+2;2*-1. The van der Waals surface area contributed by atoms with E-state index in [2.05, 4.69) is 0 Å². The van der Waals surface area contributed by atoms with E-state index in [1.54, 1.807) is 0 Å². The van der Waals surface area contributed by atoms with E-state index in [1.807, 2.05) is 6.92 Å². The van der Waals surface area contributed by atoms with Crippen LogP contribution in [0.25, 0.3) is 0 Å². The molecule has 0 aliphatic rings. The van der Waals surface area contributed by atoms with Crippen LogP contribution in [-0.2, 0) is 9.59 Å². The number of aliphatic carboxylic acids is 2. The zero-order chi connectivity index (χ0) is 10.5. The van der Waals surface area contributed by atoms with Crippen molar-refractivity contribution in [2.45, 2.75) is 39.5 Å². The molecule has 80 valence electrons. The maximum Gasteiger partial charge on any atom is 2.00 e. The Hall–Kier alpha value is -0.294. The molecule has 14 heavy (non-hydrogen) atoms. The Balaban J connectivity index is -0.000000240. The molecule has 4 nitrogen and oxygen atoms in total. The van der Waals surface area contributed by atoms with Gasteiger partial charge in [-0.1, -0.05) is 26.2 Å². The summed E-state index contributed by atoms with van der Waals surface area (Å²) in [6.07, 6.45) is 2.67. The molecular formula is C9H18MgO4. The Morgan fingerprint density at radius 1 is 1.21 bits per heavy atom. The van der Waals surface area contributed by atoms with E-state index in [0.29, 0.717) is 6.42 Å². The summed E-state index contributed by atoms with van der Waals surface area (Å²) in [6.45, 7) is 3.24. The molecule has 0 fully saturated rings. The predicted molar refractivity (Wildman–Crippen MR) is 55.5 cm³/mol. The zero-order valence-corrected chi connectivity index (χ0v) is 10.2. The molecule has 0 atom stereocenters. The van der Waals surface area contributed by atoms with Gasteiger partial charge in [0, 0.05) is 0 Å². The molecule has 2 N–H and O–H groups in total. The first-order chi connectivity index (χ1) is 5.95. The van der Waals surface area contributed by atoms with Crippen molar-refractivity contribution >= 4 is 35.0 Å². The van der Waals surface area contributed by atoms with Crippen molar-refractivity contribution in [3.63, 3.8) is 0 Å². The number of rotatable bonds is 6. The van der Waals surface area contributed by atoms with Crippen molar-refractivity contribution in [2.24, 2.45) is 5.41 Å². The van der Waals surface area contributed by atoms with Gasteiger partial charge in [-0.15, -0.1) is 0 Å². The minimum absolute atomic E-state index is 0. The van der Waals surface area contributed by atoms with Gasteiger partial charge in [0.1, 0.15) is 0 Å². The van der Waals surface area contributed by atoms with Gasteiger partial charge < -0.3 is 13.1 Å². The zero-order valence-electron chi connectivity index (χ0n) is 10.7. The third kappa shape index (κ3) is 4.28. The van der Waals surface area contributed by atoms with Crippen LogP contribution in [0.2, 0.25) is 0 Å². The van der Waals surface area contributed by atoms with Crippen LogP contribution in [0.15, 0.2) is 0 Å². The SMILES string of the molecule is CCCCCC(C)(C(=O)O)C(=O)O.[H-].[H-].[Mg+2]. The summed E-state index contributed by atoms with van der Waals surface area (Å²) in [4.78, 5) is 21.4. The van der Waals surface area contributed by atoms with Crippen LogP contribution in [0, 0.1) is 5.41 Å². The first-order valence-corrected chi connectivity index (χ1v) is 4.42. The Bertz CT molecular complexity index is 198. The molecule has 0 amide bonds. The van der Waals surface area contributed by atoms with E-state index in [-0.39, 0.29) is 32.3 Å². The predicted octanol–water partition coefficient (Wildman–Crippen LogP) is 1.59. The van der Waals surface area contributed by atoms with Crippen molar-refractivity contribution in [1.82, 2.24) is 0 Å². The van der Waals surface area contributed by atoms with Crippen molar-refractivity contribution in [2.75, 3.05) is 0 Å². The normalized spacial score (nSPS) is 10.4. The van der Waals surface area contributed by atoms with Crippen molar-refractivity contribution in [1.29, 1.82) is 0 Å². The number of hydrogen-bond donors (Lipinski definition) is 2. The summed E-state index contributed by atoms with van der Waals surface area (Å²) in [5.74, 6) is -2.51. The molecule has 0 aromatic heterocycles. The van der Waals surface area contributed by atoms with Crippen LogP contribution < -0.4 is 0 Å². The van der Waals surface area contributed by atoms with Gasteiger partial charge in [0.05, 0.1) is 0 Å². The Morgan fingerprint density at radius 3 is 1.93 bits per heavy atom. The second-order valence-corrected chi connectivity index (χ2v) is 3.40. The summed E-state index contributed by atoms with van der Waals surface area (Å²) in [5, 5.41) is 17.4. The molecule has 0 saturated carbocycles. The molecule has 0 saturated heterocycles. The number of hydrogen-bond acceptors (Lipinski definition) is 2. The molecule has 0 bridgehead atoms. The van der Waals surface area contributed by atoms with Crippen LogP contribution in [0.5, 0.6) is 0 Å². The van der Waals surface area contributed by atoms with Gasteiger partial charge in [-0.2, -0.15) is 0 Å². The average Bonchev–Trinajstić information content (AvgIpc) is 2.03. The largest absolute Gasteiger partial charge is 2.00 e. The van der Waals surface area contributed by atoms with E-state index >= 15 is 0 Å². The molecule has 0 aliphatic heterocycles. The minimum Gasteiger partial charge on any atom is -1.00 e. The maximum atomic E-state index is 10.7. The van der Waals surface area contributed by atoms with Crippen LogP contribution >= 0.6 is 0 Å². The molecular weight excluding hydrogens is 196 g/mol. The van der Waals surface area contributed by atoms with E-state index < -0.39 is 17.4 Å². The topological polar surface area (TPSA) is 74.6 Å². The fourth-order valence-corrected chi connectivity index (χ4v) is 1.03. The summed E-state index contributed by atoms with van der Waals surface area (Å²) in [7, 11) is 0. The summed E-state index contributed by atoms with van der Waals surface area (Å²) in [6, 6.07) is 0. The maximum absolute atomic E-state index is 10.7. The second-order valence-electron chi connectivity index (χ2n) is 3.40. The van der Waals surface area contributed by atoms with Gasteiger partial charge in [-0.3, -0.25) is 9.59 Å². The molecule has 0 unspecified atom stereocenters. The number of carboxylic acid groups (broad SMARTS) is 2. The molecule has 0 spiro atoms. The van der Waals surface area contributed by atoms with Gasteiger partial charge >= 0.3 is 35.0 Å². The number of carboxylic acids is 2. The number of carbonyl (C=O) groups is 2. The molecule has 0 aliphatic carbocycles. The monoisotopic (exact) mass is 214 g/mol. The Labute approximate surface area is 103 Å². The van der Waals surface area contributed by atoms with E-state index in [9.17, 15) is 9.59 Å². The summed E-state index contributed by atoms with van der Waals surface area (Å²) >= 11 is 0. The fourth-order valence-electron chi connectivity index (χ4n) is 1.03. The smallest absolute Gasteiger partial charge is 1.00 e. The van der Waals surface area contributed by atoms with Crippen LogP contribution in [0.1, 0.15) is 42.4 Å². The Kier molecular flexibility index (Phi) is 8.14. The van der Waals surface area contributed by atoms with E-state index in [4.69, 9.17) is 10.2 Å². The first-order valence-electron chi connectivity index (χ1n) is 4.42. The van der Waals surface area contributed by atoms with E-state index in [1.165, 1.54) is 6.92 Å². The molecule has 5 heteroatoms. The van der Waals surface area contributed by atoms with Gasteiger partial charge in [0.2, 0.25) is 0 Å². The van der Waals surface area contributed by atoms with Crippen molar-refractivity contribution in [3.05, 3.63) is 0 Å². The van der Waals surface area contributed by atoms with Crippen LogP contribution in [0.3, 0.4) is 0 Å². The summed E-state index contributed by atoms with van der Waals surface area (Å²) < 4.78 is 0. The average molecular weight is 215 g/mol. The molecule has 0 rings (SSSR count). The fraction of sp³-hybridized carbons (Fsp3) is 0.778. The van der Waals surface area contributed by atoms with Gasteiger partial charge in [-0.25, -0.2) is 0 Å². The molecule has 0 radical (unpaired) electrons. The molecule has 0 aromatic carbocycles. The van der Waals surface area contributed by atoms with Crippen LogP contribution in [-0.4, -0.2) is 45.2 Å². The van der Waals surface area contributed by atoms with Gasteiger partial charge in [0.15, 0.2) is 5.41 Å².